The van der Waals surface area contributed by atoms with Gasteiger partial charge in [0.15, 0.2) is 13.2 Å². The fourth-order valence-corrected chi connectivity index (χ4v) is 4.03. The molecule has 148 valence electrons. The summed E-state index contributed by atoms with van der Waals surface area (Å²) in [4.78, 5) is 44.3. The minimum atomic E-state index is -1.23. The first kappa shape index (κ1) is 21.7. The zero-order chi connectivity index (χ0) is 20.0. The Morgan fingerprint density at radius 2 is 1.58 bits per heavy atom. The average molecular weight is 373 g/mol. The van der Waals surface area contributed by atoms with E-state index >= 15 is 0 Å². The van der Waals surface area contributed by atoms with Crippen molar-refractivity contribution in [2.45, 2.75) is 46.5 Å². The SMILES string of the molecule is CC1(C)CC(CC(=O)OCC(=O)O)CC(C)(CNC(=O)OCC(=O)O)C1. The molecular weight excluding hydrogens is 346 g/mol. The van der Waals surface area contributed by atoms with E-state index in [9.17, 15) is 19.2 Å². The zero-order valence-electron chi connectivity index (χ0n) is 15.4. The van der Waals surface area contributed by atoms with Crippen LogP contribution in [-0.2, 0) is 23.9 Å². The summed E-state index contributed by atoms with van der Waals surface area (Å²) in [6.45, 7) is 5.07. The van der Waals surface area contributed by atoms with E-state index in [1.54, 1.807) is 0 Å². The molecule has 0 aromatic heterocycles. The molecular formula is C17H27NO8. The molecule has 1 aliphatic rings. The second kappa shape index (κ2) is 8.86. The second-order valence-electron chi connectivity index (χ2n) is 8.01. The minimum absolute atomic E-state index is 0.00175. The second-order valence-corrected chi connectivity index (χ2v) is 8.01. The van der Waals surface area contributed by atoms with Gasteiger partial charge in [-0.2, -0.15) is 0 Å². The van der Waals surface area contributed by atoms with Crippen LogP contribution in [0.1, 0.15) is 46.5 Å². The summed E-state index contributed by atoms with van der Waals surface area (Å²) in [5, 5.41) is 19.7. The van der Waals surface area contributed by atoms with E-state index in [0.29, 0.717) is 6.42 Å². The molecule has 9 heteroatoms. The van der Waals surface area contributed by atoms with Crippen LogP contribution in [0, 0.1) is 16.7 Å². The number of carbonyl (C=O) groups is 4. The first-order valence-electron chi connectivity index (χ1n) is 8.41. The molecule has 1 fully saturated rings. The largest absolute Gasteiger partial charge is 0.479 e. The molecule has 0 spiro atoms. The molecule has 0 bridgehead atoms. The van der Waals surface area contributed by atoms with E-state index in [-0.39, 0.29) is 29.7 Å². The van der Waals surface area contributed by atoms with E-state index in [2.05, 4.69) is 23.9 Å². The normalized spacial score (nSPS) is 24.3. The van der Waals surface area contributed by atoms with Crippen molar-refractivity contribution < 1.29 is 38.9 Å². The Balaban J connectivity index is 2.61. The Bertz CT molecular complexity index is 559. The van der Waals surface area contributed by atoms with Crippen molar-refractivity contribution in [2.75, 3.05) is 19.8 Å². The third kappa shape index (κ3) is 8.17. The van der Waals surface area contributed by atoms with Crippen LogP contribution in [0.5, 0.6) is 0 Å². The number of amides is 1. The molecule has 0 aromatic rings. The number of hydrogen-bond acceptors (Lipinski definition) is 6. The molecule has 1 saturated carbocycles. The van der Waals surface area contributed by atoms with Gasteiger partial charge in [0.2, 0.25) is 0 Å². The highest BCUT2D eigenvalue weighted by Crippen LogP contribution is 2.49. The molecule has 1 rings (SSSR count). The summed E-state index contributed by atoms with van der Waals surface area (Å²) in [6, 6.07) is 0. The number of nitrogens with one attached hydrogen (secondary N) is 1. The first-order chi connectivity index (χ1) is 11.9. The summed E-state index contributed by atoms with van der Waals surface area (Å²) in [6.07, 6.45) is 1.57. The number of carbonyl (C=O) groups excluding carboxylic acids is 2. The Labute approximate surface area is 152 Å². The van der Waals surface area contributed by atoms with Gasteiger partial charge in [0.05, 0.1) is 0 Å². The summed E-state index contributed by atoms with van der Waals surface area (Å²) in [7, 11) is 0. The van der Waals surface area contributed by atoms with Gasteiger partial charge in [0, 0.05) is 13.0 Å². The third-order valence-electron chi connectivity index (χ3n) is 4.33. The average Bonchev–Trinajstić information content (AvgIpc) is 2.47. The van der Waals surface area contributed by atoms with Gasteiger partial charge in [-0.1, -0.05) is 20.8 Å². The van der Waals surface area contributed by atoms with Crippen LogP contribution in [0.2, 0.25) is 0 Å². The summed E-state index contributed by atoms with van der Waals surface area (Å²) in [5.74, 6) is -2.98. The van der Waals surface area contributed by atoms with Crippen LogP contribution < -0.4 is 5.32 Å². The molecule has 1 aliphatic carbocycles. The molecule has 9 nitrogen and oxygen atoms in total. The van der Waals surface area contributed by atoms with Crippen LogP contribution in [-0.4, -0.2) is 54.0 Å². The van der Waals surface area contributed by atoms with E-state index in [4.69, 9.17) is 14.9 Å². The van der Waals surface area contributed by atoms with E-state index < -0.39 is 37.2 Å². The van der Waals surface area contributed by atoms with Crippen LogP contribution in [0.15, 0.2) is 0 Å². The number of carboxylic acid groups (broad SMARTS) is 2. The third-order valence-corrected chi connectivity index (χ3v) is 4.33. The Morgan fingerprint density at radius 1 is 1.00 bits per heavy atom. The van der Waals surface area contributed by atoms with Crippen molar-refractivity contribution in [1.29, 1.82) is 0 Å². The topological polar surface area (TPSA) is 139 Å². The smallest absolute Gasteiger partial charge is 0.407 e. The standard InChI is InChI=1S/C17H27NO8/c1-16(2)5-11(4-14(23)25-7-12(19)20)6-17(3,9-16)10-18-15(24)26-8-13(21)22/h11H,4-10H2,1-3H3,(H,18,24)(H,19,20)(H,21,22). The highest BCUT2D eigenvalue weighted by Gasteiger charge is 2.42. The van der Waals surface area contributed by atoms with Crippen LogP contribution in [0.3, 0.4) is 0 Å². The zero-order valence-corrected chi connectivity index (χ0v) is 15.4. The Morgan fingerprint density at radius 3 is 2.15 bits per heavy atom. The van der Waals surface area contributed by atoms with Gasteiger partial charge in [-0.3, -0.25) is 4.79 Å². The van der Waals surface area contributed by atoms with E-state index in [1.807, 2.05) is 6.92 Å². The van der Waals surface area contributed by atoms with E-state index in [0.717, 1.165) is 12.8 Å². The highest BCUT2D eigenvalue weighted by molar-refractivity contribution is 5.75. The first-order valence-corrected chi connectivity index (χ1v) is 8.41. The number of ether oxygens (including phenoxy) is 2. The number of carboxylic acids is 2. The van der Waals surface area contributed by atoms with Crippen LogP contribution >= 0.6 is 0 Å². The molecule has 0 aliphatic heterocycles. The fraction of sp³-hybridized carbons (Fsp3) is 0.765. The van der Waals surface area contributed by atoms with Crippen molar-refractivity contribution in [1.82, 2.24) is 5.32 Å². The lowest BCUT2D eigenvalue weighted by Crippen LogP contribution is -2.44. The highest BCUT2D eigenvalue weighted by atomic mass is 16.6. The molecule has 0 saturated heterocycles. The predicted octanol–water partition coefficient (Wildman–Crippen LogP) is 1.65. The summed E-state index contributed by atoms with van der Waals surface area (Å²) < 4.78 is 9.27. The van der Waals surface area contributed by atoms with Gasteiger partial charge < -0.3 is 25.0 Å². The van der Waals surface area contributed by atoms with Crippen molar-refractivity contribution in [3.8, 4) is 0 Å². The summed E-state index contributed by atoms with van der Waals surface area (Å²) in [5.41, 5.74) is -0.376. The van der Waals surface area contributed by atoms with Gasteiger partial charge in [0.1, 0.15) is 0 Å². The van der Waals surface area contributed by atoms with Gasteiger partial charge in [-0.05, 0) is 36.0 Å². The Hall–Kier alpha value is -2.32. The molecule has 0 heterocycles. The fourth-order valence-electron chi connectivity index (χ4n) is 4.03. The van der Waals surface area contributed by atoms with Crippen LogP contribution in [0.4, 0.5) is 4.79 Å². The lowest BCUT2D eigenvalue weighted by molar-refractivity contribution is -0.156. The maximum Gasteiger partial charge on any atom is 0.407 e. The van der Waals surface area contributed by atoms with Gasteiger partial charge in [0.25, 0.3) is 0 Å². The molecule has 0 aromatic carbocycles. The van der Waals surface area contributed by atoms with Crippen molar-refractivity contribution in [3.05, 3.63) is 0 Å². The molecule has 2 unspecified atom stereocenters. The molecule has 2 atom stereocenters. The van der Waals surface area contributed by atoms with Gasteiger partial charge >= 0.3 is 24.0 Å². The summed E-state index contributed by atoms with van der Waals surface area (Å²) >= 11 is 0. The van der Waals surface area contributed by atoms with Crippen molar-refractivity contribution in [2.24, 2.45) is 16.7 Å². The van der Waals surface area contributed by atoms with Crippen LogP contribution in [0.25, 0.3) is 0 Å². The number of rotatable bonds is 8. The van der Waals surface area contributed by atoms with E-state index in [1.165, 1.54) is 0 Å². The molecule has 1 amide bonds. The lowest BCUT2D eigenvalue weighted by Gasteiger charge is -2.46. The molecule has 0 radical (unpaired) electrons. The van der Waals surface area contributed by atoms with Crippen molar-refractivity contribution in [3.63, 3.8) is 0 Å². The van der Waals surface area contributed by atoms with Gasteiger partial charge in [-0.25, -0.2) is 14.4 Å². The monoisotopic (exact) mass is 373 g/mol. The molecule has 26 heavy (non-hydrogen) atoms. The van der Waals surface area contributed by atoms with Gasteiger partial charge in [-0.15, -0.1) is 0 Å². The molecule has 3 N–H and O–H groups in total. The minimum Gasteiger partial charge on any atom is -0.479 e. The number of alkyl carbamates (subject to hydrolysis) is 1. The lowest BCUT2D eigenvalue weighted by atomic mass is 9.60. The quantitative estimate of drug-likeness (QED) is 0.546. The number of aliphatic carboxylic acids is 2. The number of hydrogen-bond donors (Lipinski definition) is 3. The maximum absolute atomic E-state index is 11.8. The Kier molecular flexibility index (Phi) is 7.41. The predicted molar refractivity (Wildman–Crippen MR) is 89.4 cm³/mol. The maximum atomic E-state index is 11.8. The number of esters is 1. The van der Waals surface area contributed by atoms with Crippen molar-refractivity contribution >= 4 is 24.0 Å².